The van der Waals surface area contributed by atoms with Crippen LogP contribution in [-0.2, 0) is 6.42 Å². The van der Waals surface area contributed by atoms with Crippen molar-refractivity contribution < 1.29 is 5.11 Å². The fourth-order valence-corrected chi connectivity index (χ4v) is 2.17. The van der Waals surface area contributed by atoms with Crippen molar-refractivity contribution in [3.05, 3.63) is 22.4 Å². The lowest BCUT2D eigenvalue weighted by molar-refractivity contribution is 0.142. The van der Waals surface area contributed by atoms with E-state index in [0.717, 1.165) is 12.8 Å². The van der Waals surface area contributed by atoms with E-state index < -0.39 is 0 Å². The third-order valence-electron chi connectivity index (χ3n) is 2.48. The van der Waals surface area contributed by atoms with Crippen LogP contribution in [0.15, 0.2) is 16.8 Å². The minimum atomic E-state index is -0.0371. The summed E-state index contributed by atoms with van der Waals surface area (Å²) in [4.78, 5) is 0. The summed E-state index contributed by atoms with van der Waals surface area (Å²) >= 11 is 1.73. The van der Waals surface area contributed by atoms with E-state index in [9.17, 15) is 5.11 Å². The molecule has 0 aromatic carbocycles. The molecule has 1 unspecified atom stereocenters. The van der Waals surface area contributed by atoms with Crippen molar-refractivity contribution in [1.29, 1.82) is 0 Å². The molecule has 2 heteroatoms. The van der Waals surface area contributed by atoms with Crippen LogP contribution in [0.5, 0.6) is 0 Å². The van der Waals surface area contributed by atoms with Gasteiger partial charge in [-0.15, -0.1) is 0 Å². The van der Waals surface area contributed by atoms with E-state index in [1.54, 1.807) is 11.3 Å². The number of rotatable bonds is 4. The molecule has 0 saturated heterocycles. The first kappa shape index (κ1) is 8.27. The highest BCUT2D eigenvalue weighted by Crippen LogP contribution is 2.34. The van der Waals surface area contributed by atoms with Crippen molar-refractivity contribution in [1.82, 2.24) is 0 Å². The van der Waals surface area contributed by atoms with Gasteiger partial charge >= 0.3 is 0 Å². The maximum absolute atomic E-state index is 9.59. The Morgan fingerprint density at radius 2 is 2.42 bits per heavy atom. The van der Waals surface area contributed by atoms with Gasteiger partial charge in [-0.2, -0.15) is 11.3 Å². The van der Waals surface area contributed by atoms with Crippen molar-refractivity contribution in [3.63, 3.8) is 0 Å². The van der Waals surface area contributed by atoms with Gasteiger partial charge in [-0.25, -0.2) is 0 Å². The molecule has 0 bridgehead atoms. The molecule has 0 amide bonds. The molecular weight excluding hydrogens is 168 g/mol. The highest BCUT2D eigenvalue weighted by Gasteiger charge is 2.28. The van der Waals surface area contributed by atoms with Gasteiger partial charge in [-0.3, -0.25) is 0 Å². The molecular formula is C10H14OS. The van der Waals surface area contributed by atoms with Crippen molar-refractivity contribution in [3.8, 4) is 0 Å². The number of aliphatic hydroxyl groups excluding tert-OH is 1. The average Bonchev–Trinajstić information content (AvgIpc) is 2.80. The molecule has 1 N–H and O–H groups in total. The Kier molecular flexibility index (Phi) is 2.47. The van der Waals surface area contributed by atoms with Crippen molar-refractivity contribution in [2.24, 2.45) is 5.92 Å². The summed E-state index contributed by atoms with van der Waals surface area (Å²) in [5.74, 6) is 0.628. The van der Waals surface area contributed by atoms with Crippen LogP contribution >= 0.6 is 11.3 Å². The molecule has 1 aromatic heterocycles. The van der Waals surface area contributed by atoms with Gasteiger partial charge in [0, 0.05) is 0 Å². The van der Waals surface area contributed by atoms with E-state index in [2.05, 4.69) is 16.8 Å². The summed E-state index contributed by atoms with van der Waals surface area (Å²) in [6, 6.07) is 2.14. The van der Waals surface area contributed by atoms with E-state index >= 15 is 0 Å². The van der Waals surface area contributed by atoms with Crippen LogP contribution in [0.4, 0.5) is 0 Å². The molecule has 2 rings (SSSR count). The smallest absolute Gasteiger partial charge is 0.0571 e. The van der Waals surface area contributed by atoms with E-state index in [1.807, 2.05) is 0 Å². The first-order valence-electron chi connectivity index (χ1n) is 4.55. The molecule has 1 aliphatic rings. The van der Waals surface area contributed by atoms with Crippen molar-refractivity contribution >= 4 is 11.3 Å². The molecule has 1 fully saturated rings. The van der Waals surface area contributed by atoms with Crippen molar-refractivity contribution in [2.75, 3.05) is 0 Å². The topological polar surface area (TPSA) is 20.2 Å². The molecule has 12 heavy (non-hydrogen) atoms. The summed E-state index contributed by atoms with van der Waals surface area (Å²) < 4.78 is 0. The highest BCUT2D eigenvalue weighted by molar-refractivity contribution is 7.07. The SMILES string of the molecule is OC(CCc1ccsc1)C1CC1. The van der Waals surface area contributed by atoms with Gasteiger partial charge in [0.1, 0.15) is 0 Å². The highest BCUT2D eigenvalue weighted by atomic mass is 32.1. The van der Waals surface area contributed by atoms with E-state index in [4.69, 9.17) is 0 Å². The molecule has 66 valence electrons. The first-order valence-corrected chi connectivity index (χ1v) is 5.49. The van der Waals surface area contributed by atoms with Gasteiger partial charge in [0.15, 0.2) is 0 Å². The lowest BCUT2D eigenvalue weighted by atomic mass is 10.1. The second-order valence-corrected chi connectivity index (χ2v) is 4.36. The van der Waals surface area contributed by atoms with Gasteiger partial charge in [0.05, 0.1) is 6.10 Å². The molecule has 0 spiro atoms. The Labute approximate surface area is 77.0 Å². The summed E-state index contributed by atoms with van der Waals surface area (Å²) in [7, 11) is 0. The zero-order chi connectivity index (χ0) is 8.39. The monoisotopic (exact) mass is 182 g/mol. The van der Waals surface area contributed by atoms with Crippen LogP contribution in [0.2, 0.25) is 0 Å². The largest absolute Gasteiger partial charge is 0.393 e. The maximum atomic E-state index is 9.59. The quantitative estimate of drug-likeness (QED) is 0.758. The lowest BCUT2D eigenvalue weighted by Gasteiger charge is -2.06. The molecule has 1 nitrogen and oxygen atoms in total. The van der Waals surface area contributed by atoms with Gasteiger partial charge in [0.2, 0.25) is 0 Å². The predicted octanol–water partition coefficient (Wildman–Crippen LogP) is 2.45. The molecule has 1 aromatic rings. The number of aryl methyl sites for hydroxylation is 1. The zero-order valence-electron chi connectivity index (χ0n) is 7.07. The van der Waals surface area contributed by atoms with E-state index in [-0.39, 0.29) is 6.10 Å². The van der Waals surface area contributed by atoms with Gasteiger partial charge < -0.3 is 5.11 Å². The van der Waals surface area contributed by atoms with Crippen LogP contribution in [0.25, 0.3) is 0 Å². The predicted molar refractivity (Wildman–Crippen MR) is 51.4 cm³/mol. The molecule has 0 aliphatic heterocycles. The minimum absolute atomic E-state index is 0.0371. The average molecular weight is 182 g/mol. The normalized spacial score (nSPS) is 19.4. The number of hydrogen-bond acceptors (Lipinski definition) is 2. The Morgan fingerprint density at radius 1 is 1.58 bits per heavy atom. The third-order valence-corrected chi connectivity index (χ3v) is 3.21. The summed E-state index contributed by atoms with van der Waals surface area (Å²) in [5.41, 5.74) is 1.37. The van der Waals surface area contributed by atoms with Gasteiger partial charge in [-0.1, -0.05) is 0 Å². The molecule has 1 saturated carbocycles. The van der Waals surface area contributed by atoms with Crippen LogP contribution in [0.1, 0.15) is 24.8 Å². The summed E-state index contributed by atoms with van der Waals surface area (Å²) in [5, 5.41) is 13.9. The summed E-state index contributed by atoms with van der Waals surface area (Å²) in [6.45, 7) is 0. The number of thiophene rings is 1. The zero-order valence-corrected chi connectivity index (χ0v) is 7.89. The van der Waals surface area contributed by atoms with Crippen LogP contribution in [-0.4, -0.2) is 11.2 Å². The standard InChI is InChI=1S/C10H14OS/c11-10(9-2-3-9)4-1-8-5-6-12-7-8/h5-7,9-11H,1-4H2. The van der Waals surface area contributed by atoms with Crippen LogP contribution in [0, 0.1) is 5.92 Å². The van der Waals surface area contributed by atoms with Crippen LogP contribution < -0.4 is 0 Å². The van der Waals surface area contributed by atoms with E-state index in [0.29, 0.717) is 5.92 Å². The van der Waals surface area contributed by atoms with Gasteiger partial charge in [-0.05, 0) is 54.0 Å². The van der Waals surface area contributed by atoms with E-state index in [1.165, 1.54) is 18.4 Å². The maximum Gasteiger partial charge on any atom is 0.0571 e. The molecule has 1 atom stereocenters. The Balaban J connectivity index is 1.74. The second kappa shape index (κ2) is 3.58. The number of aliphatic hydroxyl groups is 1. The lowest BCUT2D eigenvalue weighted by Crippen LogP contribution is -2.09. The van der Waals surface area contributed by atoms with Gasteiger partial charge in [0.25, 0.3) is 0 Å². The molecule has 1 heterocycles. The molecule has 1 aliphatic carbocycles. The Bertz CT molecular complexity index is 226. The van der Waals surface area contributed by atoms with Crippen molar-refractivity contribution in [2.45, 2.75) is 31.8 Å². The minimum Gasteiger partial charge on any atom is -0.393 e. The second-order valence-electron chi connectivity index (χ2n) is 3.58. The first-order chi connectivity index (χ1) is 5.86. The Hall–Kier alpha value is -0.340. The number of hydrogen-bond donors (Lipinski definition) is 1. The molecule has 0 radical (unpaired) electrons. The van der Waals surface area contributed by atoms with Crippen LogP contribution in [0.3, 0.4) is 0 Å². The fraction of sp³-hybridized carbons (Fsp3) is 0.600. The summed E-state index contributed by atoms with van der Waals surface area (Å²) in [6.07, 6.45) is 4.43. The third kappa shape index (κ3) is 2.08. The Morgan fingerprint density at radius 3 is 3.00 bits per heavy atom. The fourth-order valence-electron chi connectivity index (χ4n) is 1.47.